The maximum atomic E-state index is 12.3. The summed E-state index contributed by atoms with van der Waals surface area (Å²) in [6, 6.07) is 1.52. The SMILES string of the molecule is CC(Sc1nnnn1C(C)(C)C)C(=O)Nc1ncc(Cl)cc1Cl. The minimum Gasteiger partial charge on any atom is -0.308 e. The molecule has 0 radical (unpaired) electrons. The van der Waals surface area contributed by atoms with Gasteiger partial charge >= 0.3 is 0 Å². The zero-order valence-electron chi connectivity index (χ0n) is 13.0. The van der Waals surface area contributed by atoms with E-state index in [0.717, 1.165) is 0 Å². The zero-order valence-corrected chi connectivity index (χ0v) is 15.4. The normalized spacial score (nSPS) is 13.0. The first-order valence-corrected chi connectivity index (χ1v) is 8.39. The van der Waals surface area contributed by atoms with Gasteiger partial charge in [0.25, 0.3) is 0 Å². The topological polar surface area (TPSA) is 85.6 Å². The fourth-order valence-corrected chi connectivity index (χ4v) is 3.01. The van der Waals surface area contributed by atoms with Crippen molar-refractivity contribution in [2.24, 2.45) is 0 Å². The summed E-state index contributed by atoms with van der Waals surface area (Å²) in [6.07, 6.45) is 1.42. The molecule has 2 heterocycles. The van der Waals surface area contributed by atoms with E-state index in [2.05, 4.69) is 25.8 Å². The van der Waals surface area contributed by atoms with Gasteiger partial charge in [-0.25, -0.2) is 9.67 Å². The Morgan fingerprint density at radius 3 is 2.70 bits per heavy atom. The van der Waals surface area contributed by atoms with Crippen LogP contribution in [0.1, 0.15) is 27.7 Å². The van der Waals surface area contributed by atoms with Crippen molar-refractivity contribution in [1.29, 1.82) is 0 Å². The molecule has 2 rings (SSSR count). The highest BCUT2D eigenvalue weighted by molar-refractivity contribution is 8.00. The number of anilines is 1. The quantitative estimate of drug-likeness (QED) is 0.826. The third-order valence-corrected chi connectivity index (χ3v) is 4.30. The maximum absolute atomic E-state index is 12.3. The molecule has 0 aromatic carbocycles. The first-order chi connectivity index (χ1) is 10.7. The van der Waals surface area contributed by atoms with Crippen molar-refractivity contribution in [3.05, 3.63) is 22.3 Å². The monoisotopic (exact) mass is 374 g/mol. The number of halogens is 2. The molecule has 23 heavy (non-hydrogen) atoms. The van der Waals surface area contributed by atoms with Gasteiger partial charge in [0, 0.05) is 6.20 Å². The molecule has 124 valence electrons. The number of rotatable bonds is 4. The summed E-state index contributed by atoms with van der Waals surface area (Å²) in [7, 11) is 0. The molecule has 0 spiro atoms. The van der Waals surface area contributed by atoms with Gasteiger partial charge in [-0.3, -0.25) is 4.79 Å². The molecule has 0 fully saturated rings. The number of pyridine rings is 1. The average molecular weight is 375 g/mol. The Morgan fingerprint density at radius 2 is 2.09 bits per heavy atom. The van der Waals surface area contributed by atoms with Crippen molar-refractivity contribution in [3.63, 3.8) is 0 Å². The van der Waals surface area contributed by atoms with E-state index in [-0.39, 0.29) is 22.3 Å². The van der Waals surface area contributed by atoms with E-state index >= 15 is 0 Å². The Balaban J connectivity index is 2.08. The van der Waals surface area contributed by atoms with Crippen LogP contribution in [0.15, 0.2) is 17.4 Å². The molecule has 0 aliphatic rings. The van der Waals surface area contributed by atoms with Crippen LogP contribution < -0.4 is 5.32 Å². The second-order valence-electron chi connectivity index (χ2n) is 5.78. The van der Waals surface area contributed by atoms with Crippen LogP contribution in [0.5, 0.6) is 0 Å². The Bertz CT molecular complexity index is 715. The number of nitrogens with zero attached hydrogens (tertiary/aromatic N) is 5. The molecule has 1 unspecified atom stereocenters. The summed E-state index contributed by atoms with van der Waals surface area (Å²) in [5.74, 6) is 0.0131. The van der Waals surface area contributed by atoms with E-state index in [1.807, 2.05) is 20.8 Å². The summed E-state index contributed by atoms with van der Waals surface area (Å²) in [6.45, 7) is 7.70. The van der Waals surface area contributed by atoms with Crippen LogP contribution in [0.2, 0.25) is 10.0 Å². The zero-order chi connectivity index (χ0) is 17.2. The number of nitrogens with one attached hydrogen (secondary N) is 1. The largest absolute Gasteiger partial charge is 0.308 e. The third-order valence-electron chi connectivity index (χ3n) is 2.78. The molecule has 0 saturated carbocycles. The first-order valence-electron chi connectivity index (χ1n) is 6.76. The molecule has 0 bridgehead atoms. The lowest BCUT2D eigenvalue weighted by molar-refractivity contribution is -0.115. The van der Waals surface area contributed by atoms with E-state index < -0.39 is 5.25 Å². The summed E-state index contributed by atoms with van der Waals surface area (Å²) in [5.41, 5.74) is -0.275. The van der Waals surface area contributed by atoms with Gasteiger partial charge in [-0.1, -0.05) is 35.0 Å². The Morgan fingerprint density at radius 1 is 1.39 bits per heavy atom. The van der Waals surface area contributed by atoms with Crippen LogP contribution in [0.4, 0.5) is 5.82 Å². The second-order valence-corrected chi connectivity index (χ2v) is 7.93. The predicted octanol–water partition coefficient (Wildman–Crippen LogP) is 3.25. The Kier molecular flexibility index (Phi) is 5.49. The van der Waals surface area contributed by atoms with Gasteiger partial charge in [-0.15, -0.1) is 5.10 Å². The van der Waals surface area contributed by atoms with Gasteiger partial charge in [0.05, 0.1) is 20.8 Å². The lowest BCUT2D eigenvalue weighted by Gasteiger charge is -2.20. The molecule has 10 heteroatoms. The summed E-state index contributed by atoms with van der Waals surface area (Å²) in [4.78, 5) is 16.3. The molecule has 2 aromatic rings. The third kappa shape index (κ3) is 4.55. The van der Waals surface area contributed by atoms with Gasteiger partial charge in [0.1, 0.15) is 0 Å². The predicted molar refractivity (Wildman–Crippen MR) is 91.0 cm³/mol. The van der Waals surface area contributed by atoms with Gasteiger partial charge in [0.15, 0.2) is 5.82 Å². The van der Waals surface area contributed by atoms with Gasteiger partial charge in [0.2, 0.25) is 11.1 Å². The van der Waals surface area contributed by atoms with Crippen LogP contribution in [0.3, 0.4) is 0 Å². The van der Waals surface area contributed by atoms with Gasteiger partial charge in [-0.05, 0) is 44.2 Å². The molecule has 0 saturated heterocycles. The van der Waals surface area contributed by atoms with Crippen molar-refractivity contribution in [2.75, 3.05) is 5.32 Å². The molecule has 0 aliphatic carbocycles. The highest BCUT2D eigenvalue weighted by atomic mass is 35.5. The summed E-state index contributed by atoms with van der Waals surface area (Å²) in [5, 5.41) is 15.1. The fraction of sp³-hybridized carbons (Fsp3) is 0.462. The van der Waals surface area contributed by atoms with E-state index in [1.165, 1.54) is 24.0 Å². The number of aromatic nitrogens is 5. The fourth-order valence-electron chi connectivity index (χ4n) is 1.61. The second kappa shape index (κ2) is 7.02. The van der Waals surface area contributed by atoms with Crippen LogP contribution in [0.25, 0.3) is 0 Å². The van der Waals surface area contributed by atoms with Crippen molar-refractivity contribution >= 4 is 46.7 Å². The van der Waals surface area contributed by atoms with Crippen LogP contribution in [-0.2, 0) is 10.3 Å². The van der Waals surface area contributed by atoms with Crippen LogP contribution in [0, 0.1) is 0 Å². The number of hydrogen-bond acceptors (Lipinski definition) is 6. The van der Waals surface area contributed by atoms with Crippen LogP contribution >= 0.6 is 35.0 Å². The number of carbonyl (C=O) groups excluding carboxylic acids is 1. The van der Waals surface area contributed by atoms with E-state index in [9.17, 15) is 4.79 Å². The van der Waals surface area contributed by atoms with E-state index in [1.54, 1.807) is 11.6 Å². The molecule has 1 atom stereocenters. The van der Waals surface area contributed by atoms with Crippen molar-refractivity contribution in [1.82, 2.24) is 25.2 Å². The number of carbonyl (C=O) groups is 1. The molecular weight excluding hydrogens is 359 g/mol. The van der Waals surface area contributed by atoms with Gasteiger partial charge < -0.3 is 5.32 Å². The number of hydrogen-bond donors (Lipinski definition) is 1. The lowest BCUT2D eigenvalue weighted by atomic mass is 10.1. The molecule has 1 N–H and O–H groups in total. The van der Waals surface area contributed by atoms with Crippen molar-refractivity contribution in [2.45, 2.75) is 43.6 Å². The van der Waals surface area contributed by atoms with Crippen molar-refractivity contribution in [3.8, 4) is 0 Å². The molecule has 1 amide bonds. The minimum atomic E-state index is -0.435. The van der Waals surface area contributed by atoms with E-state index in [4.69, 9.17) is 23.2 Å². The van der Waals surface area contributed by atoms with Gasteiger partial charge in [-0.2, -0.15) is 0 Å². The highest BCUT2D eigenvalue weighted by Gasteiger charge is 2.24. The Labute approximate surface area is 148 Å². The number of tetrazole rings is 1. The Hall–Kier alpha value is -1.38. The first kappa shape index (κ1) is 18.0. The summed E-state index contributed by atoms with van der Waals surface area (Å²) >= 11 is 13.0. The molecule has 2 aromatic heterocycles. The standard InChI is InChI=1S/C13H16Cl2N6OS/c1-7(23-12-18-19-20-21(12)13(2,3)4)11(22)17-10-9(15)5-8(14)6-16-10/h5-7H,1-4H3,(H,16,17,22). The number of amides is 1. The maximum Gasteiger partial charge on any atom is 0.238 e. The smallest absolute Gasteiger partial charge is 0.238 e. The highest BCUT2D eigenvalue weighted by Crippen LogP contribution is 2.27. The van der Waals surface area contributed by atoms with Crippen LogP contribution in [-0.4, -0.2) is 36.3 Å². The van der Waals surface area contributed by atoms with Crippen molar-refractivity contribution < 1.29 is 4.79 Å². The summed E-state index contributed by atoms with van der Waals surface area (Å²) < 4.78 is 1.68. The molecule has 7 nitrogen and oxygen atoms in total. The lowest BCUT2D eigenvalue weighted by Crippen LogP contribution is -2.27. The molecule has 0 aliphatic heterocycles. The average Bonchev–Trinajstić information content (AvgIpc) is 2.90. The number of thioether (sulfide) groups is 1. The van der Waals surface area contributed by atoms with E-state index in [0.29, 0.717) is 10.2 Å². The minimum absolute atomic E-state index is 0.254. The molecular formula is C13H16Cl2N6OS.